The summed E-state index contributed by atoms with van der Waals surface area (Å²) in [5.74, 6) is -0.348. The number of carbonyl (C=O) groups is 2. The van der Waals surface area contributed by atoms with Crippen molar-refractivity contribution in [3.8, 4) is 0 Å². The summed E-state index contributed by atoms with van der Waals surface area (Å²) in [6, 6.07) is 9.12. The fourth-order valence-electron chi connectivity index (χ4n) is 4.41. The van der Waals surface area contributed by atoms with E-state index < -0.39 is 6.17 Å². The van der Waals surface area contributed by atoms with Crippen LogP contribution in [0.5, 0.6) is 0 Å². The lowest BCUT2D eigenvalue weighted by Crippen LogP contribution is -2.50. The van der Waals surface area contributed by atoms with Gasteiger partial charge in [-0.25, -0.2) is 0 Å². The average molecular weight is 365 g/mol. The Kier molecular flexibility index (Phi) is 4.13. The third-order valence-electron chi connectivity index (χ3n) is 5.70. The summed E-state index contributed by atoms with van der Waals surface area (Å²) in [5, 5.41) is 0. The lowest BCUT2D eigenvalue weighted by Gasteiger charge is -2.40. The van der Waals surface area contributed by atoms with Gasteiger partial charge in [-0.3, -0.25) is 14.4 Å². The van der Waals surface area contributed by atoms with Crippen LogP contribution in [0.3, 0.4) is 0 Å². The molecular weight excluding hydrogens is 342 g/mol. The number of fused-ring (bicyclic) bond motifs is 3. The number of pyridine rings is 1. The van der Waals surface area contributed by atoms with Gasteiger partial charge in [0.25, 0.3) is 17.4 Å². The van der Waals surface area contributed by atoms with Crippen LogP contribution in [0.1, 0.15) is 57.0 Å². The van der Waals surface area contributed by atoms with Gasteiger partial charge in [0.1, 0.15) is 11.7 Å². The van der Waals surface area contributed by atoms with Gasteiger partial charge in [-0.05, 0) is 37.5 Å². The first-order valence-corrected chi connectivity index (χ1v) is 9.36. The highest BCUT2D eigenvalue weighted by Gasteiger charge is 2.44. The van der Waals surface area contributed by atoms with E-state index in [2.05, 4.69) is 0 Å². The van der Waals surface area contributed by atoms with Crippen LogP contribution in [0.15, 0.2) is 35.1 Å². The Balaban J connectivity index is 1.79. The van der Waals surface area contributed by atoms with Crippen LogP contribution >= 0.6 is 0 Å². The number of carbonyl (C=O) groups excluding carboxylic acids is 2. The van der Waals surface area contributed by atoms with E-state index in [0.29, 0.717) is 25.1 Å². The van der Waals surface area contributed by atoms with Gasteiger partial charge in [-0.1, -0.05) is 25.1 Å². The molecule has 1 aromatic heterocycles. The molecule has 140 valence electrons. The highest BCUT2D eigenvalue weighted by Crippen LogP contribution is 2.39. The number of aromatic nitrogens is 1. The molecule has 0 unspecified atom stereocenters. The molecule has 3 heterocycles. The van der Waals surface area contributed by atoms with Crippen LogP contribution in [-0.4, -0.2) is 39.3 Å². The molecule has 2 aromatic rings. The Labute approximate surface area is 158 Å². The minimum absolute atomic E-state index is 0.0430. The van der Waals surface area contributed by atoms with Gasteiger partial charge >= 0.3 is 0 Å². The van der Waals surface area contributed by atoms with E-state index in [1.807, 2.05) is 32.0 Å². The maximum Gasteiger partial charge on any atom is 0.263 e. The van der Waals surface area contributed by atoms with Gasteiger partial charge in [0.05, 0.1) is 0 Å². The van der Waals surface area contributed by atoms with Gasteiger partial charge < -0.3 is 14.4 Å². The van der Waals surface area contributed by atoms with Crippen molar-refractivity contribution in [2.24, 2.45) is 7.05 Å². The molecule has 4 rings (SSSR count). The van der Waals surface area contributed by atoms with Crippen molar-refractivity contribution >= 4 is 11.8 Å². The molecule has 1 atom stereocenters. The molecule has 0 spiro atoms. The molecule has 1 aromatic carbocycles. The van der Waals surface area contributed by atoms with Crippen LogP contribution in [-0.2, 0) is 13.5 Å². The molecule has 2 amide bonds. The number of hydrogen-bond acceptors (Lipinski definition) is 3. The summed E-state index contributed by atoms with van der Waals surface area (Å²) < 4.78 is 1.57. The van der Waals surface area contributed by atoms with Crippen molar-refractivity contribution in [1.82, 2.24) is 14.4 Å². The molecule has 0 N–H and O–H groups in total. The first-order valence-electron chi connectivity index (χ1n) is 9.36. The van der Waals surface area contributed by atoms with Crippen molar-refractivity contribution in [1.29, 1.82) is 0 Å². The topological polar surface area (TPSA) is 62.6 Å². The summed E-state index contributed by atoms with van der Waals surface area (Å²) in [7, 11) is 1.71. The zero-order chi connectivity index (χ0) is 19.3. The Morgan fingerprint density at radius 2 is 1.93 bits per heavy atom. The van der Waals surface area contributed by atoms with Gasteiger partial charge in [-0.15, -0.1) is 0 Å². The van der Waals surface area contributed by atoms with Crippen LogP contribution in [0, 0.1) is 6.92 Å². The Morgan fingerprint density at radius 3 is 2.67 bits per heavy atom. The van der Waals surface area contributed by atoms with Crippen LogP contribution < -0.4 is 5.56 Å². The fourth-order valence-corrected chi connectivity index (χ4v) is 4.41. The number of amides is 2. The quantitative estimate of drug-likeness (QED) is 0.820. The van der Waals surface area contributed by atoms with E-state index in [9.17, 15) is 14.4 Å². The average Bonchev–Trinajstić information content (AvgIpc) is 2.98. The van der Waals surface area contributed by atoms with Crippen molar-refractivity contribution in [2.45, 2.75) is 32.9 Å². The van der Waals surface area contributed by atoms with Crippen LogP contribution in [0.4, 0.5) is 0 Å². The smallest absolute Gasteiger partial charge is 0.263 e. The summed E-state index contributed by atoms with van der Waals surface area (Å²) in [6.07, 6.45) is 1.01. The Bertz CT molecular complexity index is 1010. The molecular formula is C21H23N3O3. The SMILES string of the molecule is CCc1c(C)cc(C(=O)N2CCCN3C(=O)c4ccccc4[C@H]32)c(=O)n1C. The van der Waals surface area contributed by atoms with E-state index in [4.69, 9.17) is 0 Å². The Hall–Kier alpha value is -2.89. The molecule has 1 fully saturated rings. The number of benzene rings is 1. The van der Waals surface area contributed by atoms with E-state index >= 15 is 0 Å². The molecule has 2 aliphatic heterocycles. The monoisotopic (exact) mass is 365 g/mol. The van der Waals surface area contributed by atoms with Crippen molar-refractivity contribution in [2.75, 3.05) is 13.1 Å². The number of rotatable bonds is 2. The molecule has 0 saturated carbocycles. The van der Waals surface area contributed by atoms with Gasteiger partial charge in [0, 0.05) is 37.0 Å². The van der Waals surface area contributed by atoms with Crippen molar-refractivity contribution in [3.05, 3.63) is 68.6 Å². The maximum absolute atomic E-state index is 13.4. The molecule has 1 saturated heterocycles. The number of hydrogen-bond donors (Lipinski definition) is 0. The lowest BCUT2D eigenvalue weighted by molar-refractivity contribution is 0.0163. The maximum atomic E-state index is 13.4. The number of nitrogens with zero attached hydrogens (tertiary/aromatic N) is 3. The second-order valence-electron chi connectivity index (χ2n) is 7.22. The minimum Gasteiger partial charge on any atom is -0.315 e. The first-order chi connectivity index (χ1) is 13.0. The van der Waals surface area contributed by atoms with Crippen LogP contribution in [0.25, 0.3) is 0 Å². The van der Waals surface area contributed by atoms with E-state index in [1.165, 1.54) is 0 Å². The summed E-state index contributed by atoms with van der Waals surface area (Å²) >= 11 is 0. The standard InChI is InChI=1S/C21H23N3O3/c1-4-17-13(2)12-16(19(25)22(17)3)21(27)24-11-7-10-23-18(24)14-8-5-6-9-15(14)20(23)26/h5-6,8-9,12,18H,4,7,10-11H2,1-3H3/t18-/m1/s1. The predicted molar refractivity (Wildman–Crippen MR) is 102 cm³/mol. The summed E-state index contributed by atoms with van der Waals surface area (Å²) in [6.45, 7) is 5.06. The molecule has 0 bridgehead atoms. The van der Waals surface area contributed by atoms with Crippen molar-refractivity contribution < 1.29 is 9.59 Å². The zero-order valence-electron chi connectivity index (χ0n) is 15.9. The van der Waals surface area contributed by atoms with E-state index in [1.54, 1.807) is 33.5 Å². The Morgan fingerprint density at radius 1 is 1.19 bits per heavy atom. The second kappa shape index (κ2) is 6.37. The molecule has 0 radical (unpaired) electrons. The van der Waals surface area contributed by atoms with E-state index in [-0.39, 0.29) is 22.9 Å². The highest BCUT2D eigenvalue weighted by atomic mass is 16.2. The third kappa shape index (κ3) is 2.51. The lowest BCUT2D eigenvalue weighted by atomic mass is 10.0. The highest BCUT2D eigenvalue weighted by molar-refractivity contribution is 6.01. The largest absolute Gasteiger partial charge is 0.315 e. The van der Waals surface area contributed by atoms with Gasteiger partial charge in [0.2, 0.25) is 0 Å². The summed E-state index contributed by atoms with van der Waals surface area (Å²) in [4.78, 5) is 42.3. The molecule has 6 heteroatoms. The predicted octanol–water partition coefficient (Wildman–Crippen LogP) is 2.26. The van der Waals surface area contributed by atoms with Gasteiger partial charge in [0.15, 0.2) is 0 Å². The summed E-state index contributed by atoms with van der Waals surface area (Å²) in [5.41, 5.74) is 3.24. The molecule has 0 aliphatic carbocycles. The third-order valence-corrected chi connectivity index (χ3v) is 5.70. The minimum atomic E-state index is -0.425. The van der Waals surface area contributed by atoms with E-state index in [0.717, 1.165) is 23.2 Å². The zero-order valence-corrected chi connectivity index (χ0v) is 15.9. The first kappa shape index (κ1) is 17.5. The van der Waals surface area contributed by atoms with Gasteiger partial charge in [-0.2, -0.15) is 0 Å². The molecule has 6 nitrogen and oxygen atoms in total. The van der Waals surface area contributed by atoms with Crippen LogP contribution in [0.2, 0.25) is 0 Å². The normalized spacial score (nSPS) is 18.5. The van der Waals surface area contributed by atoms with Crippen molar-refractivity contribution in [3.63, 3.8) is 0 Å². The molecule has 27 heavy (non-hydrogen) atoms. The second-order valence-corrected chi connectivity index (χ2v) is 7.22. The number of aryl methyl sites for hydroxylation is 1. The molecule has 2 aliphatic rings. The fraction of sp³-hybridized carbons (Fsp3) is 0.381.